The first-order valence-electron chi connectivity index (χ1n) is 5.95. The summed E-state index contributed by atoms with van der Waals surface area (Å²) in [5.74, 6) is -3.27. The molecule has 8 heteroatoms. The minimum Gasteiger partial charge on any atom is -0.322 e. The molecule has 0 atom stereocenters. The largest absolute Gasteiger partial charge is 0.322 e. The number of sulfone groups is 1. The maximum Gasteiger partial charge on any atom is 0.257 e. The standard InChI is InChI=1S/C14H10ClF2NO3S/c1-22(20,21)9-4-2-3-8(7-9)18-14(19)10-5-6-11(16)13(17)12(10)15/h2-7H,1H3,(H,18,19). The highest BCUT2D eigenvalue weighted by molar-refractivity contribution is 7.90. The molecule has 0 bridgehead atoms. The number of nitrogens with one attached hydrogen (secondary N) is 1. The lowest BCUT2D eigenvalue weighted by molar-refractivity contribution is 0.102. The number of halogens is 3. The summed E-state index contributed by atoms with van der Waals surface area (Å²) in [4.78, 5) is 12.0. The zero-order valence-electron chi connectivity index (χ0n) is 11.2. The van der Waals surface area contributed by atoms with Gasteiger partial charge in [0.05, 0.1) is 15.5 Å². The van der Waals surface area contributed by atoms with Gasteiger partial charge >= 0.3 is 0 Å². The van der Waals surface area contributed by atoms with Gasteiger partial charge in [-0.25, -0.2) is 17.2 Å². The molecule has 1 amide bonds. The molecule has 0 radical (unpaired) electrons. The van der Waals surface area contributed by atoms with Crippen molar-refractivity contribution < 1.29 is 22.0 Å². The highest BCUT2D eigenvalue weighted by Gasteiger charge is 2.17. The number of anilines is 1. The summed E-state index contributed by atoms with van der Waals surface area (Å²) < 4.78 is 49.2. The number of rotatable bonds is 3. The molecule has 2 aromatic rings. The van der Waals surface area contributed by atoms with Crippen LogP contribution >= 0.6 is 11.6 Å². The molecule has 4 nitrogen and oxygen atoms in total. The SMILES string of the molecule is CS(=O)(=O)c1cccc(NC(=O)c2ccc(F)c(F)c2Cl)c1. The number of hydrogen-bond acceptors (Lipinski definition) is 3. The number of amides is 1. The maximum absolute atomic E-state index is 13.3. The molecule has 0 fully saturated rings. The van der Waals surface area contributed by atoms with E-state index in [-0.39, 0.29) is 16.1 Å². The normalized spacial score (nSPS) is 11.3. The summed E-state index contributed by atoms with van der Waals surface area (Å²) in [6.07, 6.45) is 1.03. The van der Waals surface area contributed by atoms with E-state index in [9.17, 15) is 22.0 Å². The molecule has 0 aliphatic carbocycles. The van der Waals surface area contributed by atoms with E-state index in [0.29, 0.717) is 0 Å². The van der Waals surface area contributed by atoms with E-state index >= 15 is 0 Å². The monoisotopic (exact) mass is 345 g/mol. The summed E-state index contributed by atoms with van der Waals surface area (Å²) in [5.41, 5.74) is -0.0703. The lowest BCUT2D eigenvalue weighted by Gasteiger charge is -2.08. The first-order valence-corrected chi connectivity index (χ1v) is 8.22. The third-order valence-electron chi connectivity index (χ3n) is 2.80. The van der Waals surface area contributed by atoms with Crippen LogP contribution in [0.4, 0.5) is 14.5 Å². The third kappa shape index (κ3) is 3.42. The van der Waals surface area contributed by atoms with E-state index in [0.717, 1.165) is 18.4 Å². The van der Waals surface area contributed by atoms with Crippen molar-refractivity contribution in [2.45, 2.75) is 4.90 Å². The van der Waals surface area contributed by atoms with Crippen LogP contribution in [0, 0.1) is 11.6 Å². The Morgan fingerprint density at radius 3 is 2.50 bits per heavy atom. The molecule has 0 unspecified atom stereocenters. The Morgan fingerprint density at radius 1 is 1.18 bits per heavy atom. The third-order valence-corrected chi connectivity index (χ3v) is 4.28. The van der Waals surface area contributed by atoms with E-state index in [2.05, 4.69) is 5.32 Å². The van der Waals surface area contributed by atoms with Gasteiger partial charge in [-0.3, -0.25) is 4.79 Å². The second-order valence-electron chi connectivity index (χ2n) is 4.48. The van der Waals surface area contributed by atoms with E-state index in [1.807, 2.05) is 0 Å². The van der Waals surface area contributed by atoms with Crippen molar-refractivity contribution in [3.05, 3.63) is 58.6 Å². The highest BCUT2D eigenvalue weighted by Crippen LogP contribution is 2.24. The molecule has 0 aromatic heterocycles. The van der Waals surface area contributed by atoms with Crippen molar-refractivity contribution in [1.29, 1.82) is 0 Å². The van der Waals surface area contributed by atoms with Crippen LogP contribution in [-0.4, -0.2) is 20.6 Å². The van der Waals surface area contributed by atoms with Gasteiger partial charge in [-0.15, -0.1) is 0 Å². The molecule has 0 spiro atoms. The van der Waals surface area contributed by atoms with E-state index in [4.69, 9.17) is 11.6 Å². The molecular formula is C14H10ClF2NO3S. The fourth-order valence-corrected chi connectivity index (χ4v) is 2.61. The second kappa shape index (κ2) is 6.02. The maximum atomic E-state index is 13.3. The highest BCUT2D eigenvalue weighted by atomic mass is 35.5. The van der Waals surface area contributed by atoms with Crippen molar-refractivity contribution in [2.75, 3.05) is 11.6 Å². The van der Waals surface area contributed by atoms with Crippen LogP contribution in [0.25, 0.3) is 0 Å². The molecule has 2 rings (SSSR count). The Labute approximate surface area is 130 Å². The van der Waals surface area contributed by atoms with Crippen LogP contribution in [0.15, 0.2) is 41.3 Å². The van der Waals surface area contributed by atoms with Crippen LogP contribution in [0.2, 0.25) is 5.02 Å². The topological polar surface area (TPSA) is 63.2 Å². The molecular weight excluding hydrogens is 336 g/mol. The molecule has 0 saturated carbocycles. The van der Waals surface area contributed by atoms with Gasteiger partial charge in [-0.05, 0) is 30.3 Å². The van der Waals surface area contributed by atoms with Gasteiger partial charge in [0.25, 0.3) is 5.91 Å². The Hall–Kier alpha value is -1.99. The zero-order chi connectivity index (χ0) is 16.5. The van der Waals surface area contributed by atoms with Gasteiger partial charge < -0.3 is 5.32 Å². The lowest BCUT2D eigenvalue weighted by Crippen LogP contribution is -2.13. The Kier molecular flexibility index (Phi) is 4.48. The van der Waals surface area contributed by atoms with Gasteiger partial charge in [-0.2, -0.15) is 0 Å². The summed E-state index contributed by atoms with van der Waals surface area (Å²) in [6.45, 7) is 0. The second-order valence-corrected chi connectivity index (χ2v) is 6.87. The smallest absolute Gasteiger partial charge is 0.257 e. The summed E-state index contributed by atoms with van der Waals surface area (Å²) in [5, 5.41) is 1.74. The molecule has 0 aliphatic rings. The average Bonchev–Trinajstić information content (AvgIpc) is 2.44. The number of carbonyl (C=O) groups excluding carboxylic acids is 1. The molecule has 0 heterocycles. The zero-order valence-corrected chi connectivity index (χ0v) is 12.8. The van der Waals surface area contributed by atoms with Crippen LogP contribution < -0.4 is 5.32 Å². The first kappa shape index (κ1) is 16.4. The van der Waals surface area contributed by atoms with Crippen LogP contribution in [0.1, 0.15) is 10.4 Å². The van der Waals surface area contributed by atoms with Crippen molar-refractivity contribution in [2.24, 2.45) is 0 Å². The summed E-state index contributed by atoms with van der Waals surface area (Å²) >= 11 is 5.59. The number of hydrogen-bond donors (Lipinski definition) is 1. The molecule has 0 saturated heterocycles. The van der Waals surface area contributed by atoms with Gasteiger partial charge in [0.15, 0.2) is 21.5 Å². The van der Waals surface area contributed by atoms with Crippen LogP contribution in [0.5, 0.6) is 0 Å². The van der Waals surface area contributed by atoms with Crippen molar-refractivity contribution in [3.63, 3.8) is 0 Å². The van der Waals surface area contributed by atoms with Crippen molar-refractivity contribution >= 4 is 33.0 Å². The van der Waals surface area contributed by atoms with Crippen molar-refractivity contribution in [3.8, 4) is 0 Å². The molecule has 1 N–H and O–H groups in total. The van der Waals surface area contributed by atoms with Crippen LogP contribution in [-0.2, 0) is 9.84 Å². The van der Waals surface area contributed by atoms with Crippen molar-refractivity contribution in [1.82, 2.24) is 0 Å². The number of benzene rings is 2. The quantitative estimate of drug-likeness (QED) is 0.868. The van der Waals surface area contributed by atoms with Gasteiger partial charge in [-0.1, -0.05) is 17.7 Å². The number of carbonyl (C=O) groups is 1. The molecule has 0 aliphatic heterocycles. The Balaban J connectivity index is 2.32. The van der Waals surface area contributed by atoms with Gasteiger partial charge in [0, 0.05) is 11.9 Å². The van der Waals surface area contributed by atoms with Gasteiger partial charge in [0.1, 0.15) is 0 Å². The van der Waals surface area contributed by atoms with E-state index < -0.39 is 32.4 Å². The predicted molar refractivity (Wildman–Crippen MR) is 78.9 cm³/mol. The van der Waals surface area contributed by atoms with Gasteiger partial charge in [0.2, 0.25) is 0 Å². The molecule has 116 valence electrons. The van der Waals surface area contributed by atoms with E-state index in [1.54, 1.807) is 0 Å². The fraction of sp³-hybridized carbons (Fsp3) is 0.0714. The molecule has 22 heavy (non-hydrogen) atoms. The Bertz CT molecular complexity index is 853. The summed E-state index contributed by atoms with van der Waals surface area (Å²) in [6, 6.07) is 7.34. The average molecular weight is 346 g/mol. The van der Waals surface area contributed by atoms with Crippen LogP contribution in [0.3, 0.4) is 0 Å². The lowest BCUT2D eigenvalue weighted by atomic mass is 10.2. The van der Waals surface area contributed by atoms with E-state index in [1.165, 1.54) is 24.3 Å². The predicted octanol–water partition coefficient (Wildman–Crippen LogP) is 3.27. The fourth-order valence-electron chi connectivity index (χ4n) is 1.70. The Morgan fingerprint density at radius 2 is 1.86 bits per heavy atom. The summed E-state index contributed by atoms with van der Waals surface area (Å²) in [7, 11) is -3.43. The molecule has 2 aromatic carbocycles. The minimum absolute atomic E-state index is 0.0154. The first-order chi connectivity index (χ1) is 10.2. The minimum atomic E-state index is -3.43.